The third-order valence-corrected chi connectivity index (χ3v) is 2.03. The maximum atomic E-state index is 11.3. The second kappa shape index (κ2) is 5.52. The standard InChI is InChI=1S/C10H16O4/c1-5-14-10(13)6(2)9(7(3)11)8(4)12/h6,9H,5H2,1-4H3. The SMILES string of the molecule is CCOC(=O)C(C)C(C(C)=O)C(C)=O. The minimum Gasteiger partial charge on any atom is -0.466 e. The van der Waals surface area contributed by atoms with E-state index < -0.39 is 17.8 Å². The zero-order valence-corrected chi connectivity index (χ0v) is 8.99. The summed E-state index contributed by atoms with van der Waals surface area (Å²) in [5, 5.41) is 0. The first-order chi connectivity index (χ1) is 6.41. The molecule has 80 valence electrons. The van der Waals surface area contributed by atoms with Crippen molar-refractivity contribution in [1.82, 2.24) is 0 Å². The Balaban J connectivity index is 4.59. The third kappa shape index (κ3) is 3.28. The number of ether oxygens (including phenoxy) is 1. The Kier molecular flexibility index (Phi) is 5.05. The topological polar surface area (TPSA) is 60.4 Å². The Hall–Kier alpha value is -1.19. The molecule has 0 aromatic rings. The van der Waals surface area contributed by atoms with Gasteiger partial charge in [0.2, 0.25) is 0 Å². The highest BCUT2D eigenvalue weighted by molar-refractivity contribution is 6.03. The summed E-state index contributed by atoms with van der Waals surface area (Å²) in [6.45, 7) is 6.09. The molecule has 0 fully saturated rings. The van der Waals surface area contributed by atoms with Crippen LogP contribution in [0.1, 0.15) is 27.7 Å². The van der Waals surface area contributed by atoms with Crippen molar-refractivity contribution in [2.24, 2.45) is 11.8 Å². The zero-order valence-electron chi connectivity index (χ0n) is 8.99. The molecule has 0 aliphatic carbocycles. The van der Waals surface area contributed by atoms with Gasteiger partial charge in [-0.2, -0.15) is 0 Å². The Morgan fingerprint density at radius 1 is 1.14 bits per heavy atom. The number of carbonyl (C=O) groups excluding carboxylic acids is 3. The minimum atomic E-state index is -0.867. The summed E-state index contributed by atoms with van der Waals surface area (Å²) in [6.07, 6.45) is 0. The third-order valence-electron chi connectivity index (χ3n) is 2.03. The lowest BCUT2D eigenvalue weighted by Crippen LogP contribution is -2.32. The van der Waals surface area contributed by atoms with Crippen molar-refractivity contribution < 1.29 is 19.1 Å². The molecule has 14 heavy (non-hydrogen) atoms. The first kappa shape index (κ1) is 12.8. The van der Waals surface area contributed by atoms with E-state index in [2.05, 4.69) is 0 Å². The van der Waals surface area contributed by atoms with E-state index in [1.54, 1.807) is 6.92 Å². The van der Waals surface area contributed by atoms with Crippen LogP contribution in [0.2, 0.25) is 0 Å². The van der Waals surface area contributed by atoms with Crippen LogP contribution in [0.3, 0.4) is 0 Å². The van der Waals surface area contributed by atoms with Crippen LogP contribution in [-0.2, 0) is 19.1 Å². The van der Waals surface area contributed by atoms with Crippen molar-refractivity contribution in [1.29, 1.82) is 0 Å². The van der Waals surface area contributed by atoms with Crippen molar-refractivity contribution >= 4 is 17.5 Å². The highest BCUT2D eigenvalue weighted by Gasteiger charge is 2.32. The summed E-state index contributed by atoms with van der Waals surface area (Å²) in [4.78, 5) is 33.5. The average Bonchev–Trinajstić information content (AvgIpc) is 2.03. The van der Waals surface area contributed by atoms with Crippen LogP contribution in [0.15, 0.2) is 0 Å². The van der Waals surface area contributed by atoms with Crippen LogP contribution >= 0.6 is 0 Å². The number of carbonyl (C=O) groups is 3. The van der Waals surface area contributed by atoms with Gasteiger partial charge in [-0.3, -0.25) is 14.4 Å². The van der Waals surface area contributed by atoms with Gasteiger partial charge in [0.15, 0.2) is 0 Å². The van der Waals surface area contributed by atoms with Gasteiger partial charge in [-0.05, 0) is 20.8 Å². The highest BCUT2D eigenvalue weighted by atomic mass is 16.5. The molecule has 0 rings (SSSR count). The van der Waals surface area contributed by atoms with Gasteiger partial charge in [0, 0.05) is 0 Å². The van der Waals surface area contributed by atoms with Crippen molar-refractivity contribution in [3.8, 4) is 0 Å². The highest BCUT2D eigenvalue weighted by Crippen LogP contribution is 2.15. The lowest BCUT2D eigenvalue weighted by Gasteiger charge is -2.16. The molecule has 0 N–H and O–H groups in total. The summed E-state index contributed by atoms with van der Waals surface area (Å²) in [6, 6.07) is 0. The molecule has 0 spiro atoms. The van der Waals surface area contributed by atoms with Gasteiger partial charge < -0.3 is 4.74 Å². The minimum absolute atomic E-state index is 0.256. The maximum absolute atomic E-state index is 11.3. The Labute approximate surface area is 83.6 Å². The first-order valence-corrected chi connectivity index (χ1v) is 4.59. The van der Waals surface area contributed by atoms with Crippen LogP contribution in [0.25, 0.3) is 0 Å². The van der Waals surface area contributed by atoms with Gasteiger partial charge in [-0.15, -0.1) is 0 Å². The molecule has 0 saturated carbocycles. The second-order valence-electron chi connectivity index (χ2n) is 3.24. The quantitative estimate of drug-likeness (QED) is 0.490. The molecule has 0 bridgehead atoms. The molecule has 1 atom stereocenters. The predicted molar refractivity (Wildman–Crippen MR) is 50.6 cm³/mol. The summed E-state index contributed by atoms with van der Waals surface area (Å²) in [7, 11) is 0. The number of hydrogen-bond donors (Lipinski definition) is 0. The molecular weight excluding hydrogens is 184 g/mol. The fraction of sp³-hybridized carbons (Fsp3) is 0.700. The smallest absolute Gasteiger partial charge is 0.309 e. The van der Waals surface area contributed by atoms with Crippen LogP contribution in [0, 0.1) is 11.8 Å². The van der Waals surface area contributed by atoms with Gasteiger partial charge >= 0.3 is 5.97 Å². The van der Waals surface area contributed by atoms with Crippen LogP contribution in [0.4, 0.5) is 0 Å². The van der Waals surface area contributed by atoms with Crippen LogP contribution < -0.4 is 0 Å². The monoisotopic (exact) mass is 200 g/mol. The van der Waals surface area contributed by atoms with E-state index in [1.807, 2.05) is 0 Å². The van der Waals surface area contributed by atoms with E-state index in [-0.39, 0.29) is 18.2 Å². The maximum Gasteiger partial charge on any atom is 0.309 e. The van der Waals surface area contributed by atoms with Gasteiger partial charge in [-0.25, -0.2) is 0 Å². The van der Waals surface area contributed by atoms with Gasteiger partial charge in [-0.1, -0.05) is 6.92 Å². The van der Waals surface area contributed by atoms with E-state index in [0.717, 1.165) is 0 Å². The van der Waals surface area contributed by atoms with Crippen molar-refractivity contribution in [2.75, 3.05) is 6.61 Å². The van der Waals surface area contributed by atoms with E-state index >= 15 is 0 Å². The van der Waals surface area contributed by atoms with Crippen LogP contribution in [-0.4, -0.2) is 24.1 Å². The average molecular weight is 200 g/mol. The number of ketones is 2. The Bertz CT molecular complexity index is 231. The van der Waals surface area contributed by atoms with Crippen molar-refractivity contribution in [3.63, 3.8) is 0 Å². The lowest BCUT2D eigenvalue weighted by molar-refractivity contribution is -0.153. The largest absolute Gasteiger partial charge is 0.466 e. The summed E-state index contributed by atoms with van der Waals surface area (Å²) in [5.41, 5.74) is 0. The number of hydrogen-bond acceptors (Lipinski definition) is 4. The summed E-state index contributed by atoms with van der Waals surface area (Å²) in [5.74, 6) is -2.64. The van der Waals surface area contributed by atoms with E-state index in [9.17, 15) is 14.4 Å². The molecule has 4 heteroatoms. The Morgan fingerprint density at radius 3 is 1.86 bits per heavy atom. The number of rotatable bonds is 5. The molecule has 0 amide bonds. The molecule has 0 aliphatic rings. The lowest BCUT2D eigenvalue weighted by atomic mass is 9.87. The molecule has 1 unspecified atom stereocenters. The molecule has 0 saturated heterocycles. The fourth-order valence-electron chi connectivity index (χ4n) is 1.40. The van der Waals surface area contributed by atoms with E-state index in [0.29, 0.717) is 0 Å². The van der Waals surface area contributed by atoms with Crippen molar-refractivity contribution in [2.45, 2.75) is 27.7 Å². The van der Waals surface area contributed by atoms with Crippen LogP contribution in [0.5, 0.6) is 0 Å². The Morgan fingerprint density at radius 2 is 1.57 bits per heavy atom. The molecule has 0 aromatic carbocycles. The normalized spacial score (nSPS) is 12.4. The molecule has 0 aliphatic heterocycles. The van der Waals surface area contributed by atoms with Gasteiger partial charge in [0.1, 0.15) is 11.6 Å². The van der Waals surface area contributed by atoms with E-state index in [4.69, 9.17) is 4.74 Å². The predicted octanol–water partition coefficient (Wildman–Crippen LogP) is 0.980. The fourth-order valence-corrected chi connectivity index (χ4v) is 1.40. The number of esters is 1. The zero-order chi connectivity index (χ0) is 11.3. The molecular formula is C10H16O4. The molecule has 0 heterocycles. The first-order valence-electron chi connectivity index (χ1n) is 4.59. The number of Topliss-reactive ketones (excluding diaryl/α,β-unsaturated/α-hetero) is 2. The second-order valence-corrected chi connectivity index (χ2v) is 3.24. The summed E-state index contributed by atoms with van der Waals surface area (Å²) >= 11 is 0. The molecule has 0 radical (unpaired) electrons. The molecule has 4 nitrogen and oxygen atoms in total. The summed E-state index contributed by atoms with van der Waals surface area (Å²) < 4.78 is 4.74. The van der Waals surface area contributed by atoms with Crippen molar-refractivity contribution in [3.05, 3.63) is 0 Å². The van der Waals surface area contributed by atoms with Gasteiger partial charge in [0.25, 0.3) is 0 Å². The van der Waals surface area contributed by atoms with E-state index in [1.165, 1.54) is 20.8 Å². The van der Waals surface area contributed by atoms with Gasteiger partial charge in [0.05, 0.1) is 18.4 Å². The molecule has 0 aromatic heterocycles.